The molecule has 3 rings (SSSR count). The van der Waals surface area contributed by atoms with Crippen LogP contribution in [0.15, 0.2) is 57.9 Å². The van der Waals surface area contributed by atoms with Crippen LogP contribution in [0.4, 0.5) is 23.1 Å². The zero-order chi connectivity index (χ0) is 22.6. The predicted molar refractivity (Wildman–Crippen MR) is 127 cm³/mol. The molecule has 2 N–H and O–H groups in total. The molecule has 0 atom stereocenters. The Balaban J connectivity index is 1.79. The number of rotatable bonds is 8. The van der Waals surface area contributed by atoms with Gasteiger partial charge in [-0.05, 0) is 56.3 Å². The van der Waals surface area contributed by atoms with Crippen molar-refractivity contribution in [3.8, 4) is 5.75 Å². The maximum absolute atomic E-state index is 12.9. The van der Waals surface area contributed by atoms with Crippen LogP contribution in [0.5, 0.6) is 5.75 Å². The zero-order valence-corrected chi connectivity index (χ0v) is 20.1. The minimum atomic E-state index is -3.84. The largest absolute Gasteiger partial charge is 0.492 e. The fourth-order valence-corrected chi connectivity index (χ4v) is 4.51. The van der Waals surface area contributed by atoms with Crippen molar-refractivity contribution in [2.75, 3.05) is 35.6 Å². The highest BCUT2D eigenvalue weighted by atomic mass is 79.9. The molecule has 0 bridgehead atoms. The molecule has 0 saturated heterocycles. The van der Waals surface area contributed by atoms with Crippen molar-refractivity contribution < 1.29 is 13.2 Å². The number of hydrogen-bond acceptors (Lipinski definition) is 7. The Labute approximate surface area is 190 Å². The lowest BCUT2D eigenvalue weighted by Gasteiger charge is -2.15. The second-order valence-corrected chi connectivity index (χ2v) is 9.48. The van der Waals surface area contributed by atoms with Crippen molar-refractivity contribution in [3.05, 3.63) is 58.7 Å². The molecule has 0 radical (unpaired) electrons. The summed E-state index contributed by atoms with van der Waals surface area (Å²) < 4.78 is 34.5. The first kappa shape index (κ1) is 22.8. The molecule has 0 saturated carbocycles. The Kier molecular flexibility index (Phi) is 7.01. The number of aromatic nitrogens is 2. The number of aryl methyl sites for hydroxylation is 1. The van der Waals surface area contributed by atoms with Crippen LogP contribution in [0, 0.1) is 6.92 Å². The van der Waals surface area contributed by atoms with Gasteiger partial charge in [0.1, 0.15) is 16.5 Å². The average Bonchev–Trinajstić information content (AvgIpc) is 2.70. The van der Waals surface area contributed by atoms with Gasteiger partial charge in [-0.15, -0.1) is 0 Å². The lowest BCUT2D eigenvalue weighted by molar-refractivity contribution is 0.331. The van der Waals surface area contributed by atoms with Gasteiger partial charge < -0.3 is 15.0 Å². The van der Waals surface area contributed by atoms with E-state index < -0.39 is 10.0 Å². The Hall–Kier alpha value is -2.85. The third kappa shape index (κ3) is 5.86. The highest BCUT2D eigenvalue weighted by Crippen LogP contribution is 2.29. The molecule has 1 aromatic heterocycles. The Bertz CT molecular complexity index is 1170. The summed E-state index contributed by atoms with van der Waals surface area (Å²) in [5, 5.41) is 3.14. The van der Waals surface area contributed by atoms with Crippen LogP contribution in [0.25, 0.3) is 0 Å². The van der Waals surface area contributed by atoms with E-state index in [0.717, 1.165) is 17.2 Å². The summed E-state index contributed by atoms with van der Waals surface area (Å²) in [6.07, 6.45) is 0. The summed E-state index contributed by atoms with van der Waals surface area (Å²) in [7, 11) is -0.0140. The first-order valence-corrected chi connectivity index (χ1v) is 11.8. The summed E-state index contributed by atoms with van der Waals surface area (Å²) in [5.74, 6) is 1.55. The molecular formula is C21H24BrN5O3S. The predicted octanol–water partition coefficient (Wildman–Crippen LogP) is 4.56. The van der Waals surface area contributed by atoms with Crippen LogP contribution in [-0.4, -0.2) is 39.1 Å². The van der Waals surface area contributed by atoms with E-state index in [-0.39, 0.29) is 4.90 Å². The van der Waals surface area contributed by atoms with E-state index in [0.29, 0.717) is 28.5 Å². The molecule has 0 fully saturated rings. The molecule has 0 unspecified atom stereocenters. The summed E-state index contributed by atoms with van der Waals surface area (Å²) in [4.78, 5) is 10.8. The molecule has 0 amide bonds. The number of nitrogens with one attached hydrogen (secondary N) is 2. The maximum Gasteiger partial charge on any atom is 0.265 e. The van der Waals surface area contributed by atoms with Crippen LogP contribution in [0.3, 0.4) is 0 Å². The van der Waals surface area contributed by atoms with Crippen LogP contribution >= 0.6 is 15.9 Å². The Morgan fingerprint density at radius 3 is 2.35 bits per heavy atom. The molecule has 10 heteroatoms. The van der Waals surface area contributed by atoms with Crippen molar-refractivity contribution in [2.24, 2.45) is 0 Å². The first-order valence-electron chi connectivity index (χ1n) is 9.53. The van der Waals surface area contributed by atoms with Crippen LogP contribution in [0.1, 0.15) is 12.6 Å². The molecule has 8 nitrogen and oxygen atoms in total. The third-order valence-electron chi connectivity index (χ3n) is 4.19. The molecule has 2 aromatic carbocycles. The number of hydrogen-bond donors (Lipinski definition) is 2. The number of anilines is 4. The second kappa shape index (κ2) is 9.52. The van der Waals surface area contributed by atoms with Gasteiger partial charge in [0, 0.05) is 41.7 Å². The van der Waals surface area contributed by atoms with Crippen molar-refractivity contribution in [1.29, 1.82) is 0 Å². The van der Waals surface area contributed by atoms with E-state index >= 15 is 0 Å². The van der Waals surface area contributed by atoms with E-state index in [4.69, 9.17) is 4.74 Å². The van der Waals surface area contributed by atoms with Gasteiger partial charge in [0.2, 0.25) is 5.95 Å². The Morgan fingerprint density at radius 2 is 1.71 bits per heavy atom. The van der Waals surface area contributed by atoms with Crippen LogP contribution in [0.2, 0.25) is 0 Å². The normalized spacial score (nSPS) is 11.1. The number of ether oxygens (including phenoxy) is 1. The van der Waals surface area contributed by atoms with Gasteiger partial charge in [-0.1, -0.05) is 15.9 Å². The molecule has 1 heterocycles. The monoisotopic (exact) mass is 505 g/mol. The van der Waals surface area contributed by atoms with Crippen molar-refractivity contribution in [1.82, 2.24) is 9.97 Å². The van der Waals surface area contributed by atoms with Crippen molar-refractivity contribution in [3.63, 3.8) is 0 Å². The standard InChI is InChI=1S/C21H24BrN5O3S/c1-5-30-18-11-6-15(22)13-19(18)31(28,29)26-17-9-7-16(8-10-17)24-21-23-14(2)12-20(25-21)27(3)4/h6-13,26H,5H2,1-4H3,(H,23,24,25). The smallest absolute Gasteiger partial charge is 0.265 e. The van der Waals surface area contributed by atoms with E-state index in [9.17, 15) is 8.42 Å². The lowest BCUT2D eigenvalue weighted by atomic mass is 10.3. The maximum atomic E-state index is 12.9. The molecular weight excluding hydrogens is 482 g/mol. The van der Waals surface area contributed by atoms with Gasteiger partial charge in [0.15, 0.2) is 0 Å². The second-order valence-electron chi connectivity index (χ2n) is 6.92. The van der Waals surface area contributed by atoms with Gasteiger partial charge in [-0.25, -0.2) is 13.4 Å². The van der Waals surface area contributed by atoms with Crippen molar-refractivity contribution >= 4 is 49.1 Å². The first-order chi connectivity index (χ1) is 14.7. The molecule has 164 valence electrons. The summed E-state index contributed by atoms with van der Waals surface area (Å²) in [5.41, 5.74) is 1.99. The summed E-state index contributed by atoms with van der Waals surface area (Å²) in [6, 6.07) is 13.6. The summed E-state index contributed by atoms with van der Waals surface area (Å²) in [6.45, 7) is 4.06. The molecule has 3 aromatic rings. The van der Waals surface area contributed by atoms with E-state index in [1.165, 1.54) is 6.07 Å². The average molecular weight is 506 g/mol. The van der Waals surface area contributed by atoms with E-state index in [2.05, 4.69) is 35.9 Å². The number of nitrogens with zero attached hydrogens (tertiary/aromatic N) is 3. The molecule has 0 aliphatic heterocycles. The lowest BCUT2D eigenvalue weighted by Crippen LogP contribution is -2.14. The van der Waals surface area contributed by atoms with Gasteiger partial charge >= 0.3 is 0 Å². The third-order valence-corrected chi connectivity index (χ3v) is 6.08. The zero-order valence-electron chi connectivity index (χ0n) is 17.7. The van der Waals surface area contributed by atoms with E-state index in [1.54, 1.807) is 43.3 Å². The van der Waals surface area contributed by atoms with Gasteiger partial charge in [-0.3, -0.25) is 4.72 Å². The molecule has 0 aliphatic carbocycles. The quantitative estimate of drug-likeness (QED) is 0.463. The molecule has 31 heavy (non-hydrogen) atoms. The van der Waals surface area contributed by atoms with Crippen molar-refractivity contribution in [2.45, 2.75) is 18.7 Å². The van der Waals surface area contributed by atoms with Crippen LogP contribution in [-0.2, 0) is 10.0 Å². The number of benzene rings is 2. The van der Waals surface area contributed by atoms with Gasteiger partial charge in [0.05, 0.1) is 6.61 Å². The van der Waals surface area contributed by atoms with Crippen LogP contribution < -0.4 is 19.7 Å². The SMILES string of the molecule is CCOc1ccc(Br)cc1S(=O)(=O)Nc1ccc(Nc2nc(C)cc(N(C)C)n2)cc1. The van der Waals surface area contributed by atoms with Gasteiger partial charge in [0.25, 0.3) is 10.0 Å². The van der Waals surface area contributed by atoms with E-state index in [1.807, 2.05) is 32.0 Å². The highest BCUT2D eigenvalue weighted by molar-refractivity contribution is 9.10. The molecule has 0 spiro atoms. The number of halogens is 1. The van der Waals surface area contributed by atoms with Gasteiger partial charge in [-0.2, -0.15) is 4.98 Å². The minimum absolute atomic E-state index is 0.0651. The molecule has 0 aliphatic rings. The Morgan fingerprint density at radius 1 is 1.03 bits per heavy atom. The fourth-order valence-electron chi connectivity index (χ4n) is 2.76. The highest BCUT2D eigenvalue weighted by Gasteiger charge is 2.20. The number of sulfonamides is 1. The minimum Gasteiger partial charge on any atom is -0.492 e. The topological polar surface area (TPSA) is 96.5 Å². The summed E-state index contributed by atoms with van der Waals surface area (Å²) >= 11 is 3.31. The fraction of sp³-hybridized carbons (Fsp3) is 0.238.